The highest BCUT2D eigenvalue weighted by molar-refractivity contribution is 7.14. The number of H-pyrrole nitrogens is 1. The molecule has 2 aromatic heterocycles. The van der Waals surface area contributed by atoms with E-state index in [1.807, 2.05) is 0 Å². The van der Waals surface area contributed by atoms with Crippen molar-refractivity contribution in [3.05, 3.63) is 23.3 Å². The van der Waals surface area contributed by atoms with Crippen molar-refractivity contribution in [3.8, 4) is 11.3 Å². The number of hydrogen-bond donors (Lipinski definition) is 3. The van der Waals surface area contributed by atoms with E-state index in [2.05, 4.69) is 25.3 Å². The second kappa shape index (κ2) is 8.50. The lowest BCUT2D eigenvalue weighted by Gasteiger charge is -2.30. The van der Waals surface area contributed by atoms with Gasteiger partial charge in [-0.1, -0.05) is 19.3 Å². The Morgan fingerprint density at radius 1 is 1.29 bits per heavy atom. The lowest BCUT2D eigenvalue weighted by Crippen LogP contribution is -2.48. The first-order chi connectivity index (χ1) is 14.9. The van der Waals surface area contributed by atoms with E-state index in [9.17, 15) is 19.2 Å². The number of imide groups is 1. The van der Waals surface area contributed by atoms with Crippen molar-refractivity contribution in [1.82, 2.24) is 20.2 Å². The average molecular weight is 446 g/mol. The van der Waals surface area contributed by atoms with Crippen molar-refractivity contribution in [2.75, 3.05) is 19.0 Å². The maximum Gasteiger partial charge on any atom is 0.354 e. The Labute approximate surface area is 182 Å². The smallest absolute Gasteiger partial charge is 0.354 e. The summed E-state index contributed by atoms with van der Waals surface area (Å²) >= 11 is 1.24. The molecule has 3 N–H and O–H groups in total. The Morgan fingerprint density at radius 2 is 2.06 bits per heavy atom. The number of esters is 1. The summed E-state index contributed by atoms with van der Waals surface area (Å²) in [5.41, 5.74) is 0.810. The Morgan fingerprint density at radius 3 is 2.81 bits per heavy atom. The molecule has 4 amide bonds. The van der Waals surface area contributed by atoms with Crippen LogP contribution in [-0.2, 0) is 14.3 Å². The highest BCUT2D eigenvalue weighted by Crippen LogP contribution is 2.33. The number of ether oxygens (including phenoxy) is 1. The van der Waals surface area contributed by atoms with E-state index in [0.717, 1.165) is 24.2 Å². The van der Waals surface area contributed by atoms with Gasteiger partial charge in [-0.15, -0.1) is 11.3 Å². The van der Waals surface area contributed by atoms with Crippen LogP contribution in [0.1, 0.15) is 49.0 Å². The monoisotopic (exact) mass is 445 g/mol. The van der Waals surface area contributed by atoms with Crippen molar-refractivity contribution in [2.45, 2.75) is 44.1 Å². The SMILES string of the molecule is COC(=O)c1cc(-c2csc(NC(=O)CCN3C(=O)NC4(CCCCC4)C3=O)n2)c[nH]1. The lowest BCUT2D eigenvalue weighted by atomic mass is 9.82. The molecular formula is C20H23N5O5S. The molecule has 2 aliphatic rings. The van der Waals surface area contributed by atoms with E-state index in [4.69, 9.17) is 0 Å². The number of methoxy groups -OCH3 is 1. The first-order valence-corrected chi connectivity index (χ1v) is 11.0. The summed E-state index contributed by atoms with van der Waals surface area (Å²) in [5, 5.41) is 7.68. The van der Waals surface area contributed by atoms with Crippen LogP contribution in [0.15, 0.2) is 17.6 Å². The zero-order valence-corrected chi connectivity index (χ0v) is 17.8. The molecule has 1 saturated heterocycles. The molecule has 0 atom stereocenters. The summed E-state index contributed by atoms with van der Waals surface area (Å²) < 4.78 is 4.66. The number of hydrogen-bond acceptors (Lipinski definition) is 7. The summed E-state index contributed by atoms with van der Waals surface area (Å²) in [4.78, 5) is 57.2. The topological polar surface area (TPSA) is 133 Å². The van der Waals surface area contributed by atoms with E-state index < -0.39 is 17.5 Å². The normalized spacial score (nSPS) is 17.6. The minimum atomic E-state index is -0.782. The zero-order chi connectivity index (χ0) is 22.0. The quantitative estimate of drug-likeness (QED) is 0.462. The molecule has 1 spiro atoms. The second-order valence-corrected chi connectivity index (χ2v) is 8.52. The lowest BCUT2D eigenvalue weighted by molar-refractivity contribution is -0.132. The van der Waals surface area contributed by atoms with Gasteiger partial charge in [-0.3, -0.25) is 14.5 Å². The second-order valence-electron chi connectivity index (χ2n) is 7.66. The molecule has 2 fully saturated rings. The molecule has 164 valence electrons. The number of nitrogens with one attached hydrogen (secondary N) is 3. The molecule has 1 aliphatic heterocycles. The van der Waals surface area contributed by atoms with Gasteiger partial charge >= 0.3 is 12.0 Å². The number of urea groups is 1. The van der Waals surface area contributed by atoms with E-state index in [1.54, 1.807) is 17.6 Å². The molecule has 31 heavy (non-hydrogen) atoms. The van der Waals surface area contributed by atoms with Gasteiger partial charge in [-0.05, 0) is 18.9 Å². The fraction of sp³-hybridized carbons (Fsp3) is 0.450. The first-order valence-electron chi connectivity index (χ1n) is 10.1. The fourth-order valence-corrected chi connectivity index (χ4v) is 4.74. The van der Waals surface area contributed by atoms with Crippen molar-refractivity contribution >= 4 is 40.3 Å². The Kier molecular flexibility index (Phi) is 5.77. The minimum Gasteiger partial charge on any atom is -0.464 e. The Balaban J connectivity index is 1.32. The molecule has 0 bridgehead atoms. The van der Waals surface area contributed by atoms with Gasteiger partial charge in [0.2, 0.25) is 5.91 Å². The van der Waals surface area contributed by atoms with Gasteiger partial charge in [0.1, 0.15) is 11.2 Å². The van der Waals surface area contributed by atoms with Crippen molar-refractivity contribution < 1.29 is 23.9 Å². The van der Waals surface area contributed by atoms with Crippen molar-refractivity contribution in [3.63, 3.8) is 0 Å². The van der Waals surface area contributed by atoms with E-state index in [0.29, 0.717) is 34.9 Å². The maximum absolute atomic E-state index is 12.8. The predicted octanol–water partition coefficient (Wildman–Crippen LogP) is 2.51. The summed E-state index contributed by atoms with van der Waals surface area (Å²) in [6, 6.07) is 1.19. The third-order valence-electron chi connectivity index (χ3n) is 5.65. The van der Waals surface area contributed by atoms with E-state index in [-0.39, 0.29) is 24.8 Å². The zero-order valence-electron chi connectivity index (χ0n) is 17.0. The molecule has 11 heteroatoms. The minimum absolute atomic E-state index is 0.0131. The number of aromatic amines is 1. The first kappa shape index (κ1) is 21.0. The number of aromatic nitrogens is 2. The molecule has 1 aliphatic carbocycles. The van der Waals surface area contributed by atoms with Gasteiger partial charge < -0.3 is 20.4 Å². The van der Waals surface area contributed by atoms with Gasteiger partial charge in [0.15, 0.2) is 5.13 Å². The molecule has 4 rings (SSSR count). The van der Waals surface area contributed by atoms with E-state index >= 15 is 0 Å². The number of anilines is 1. The maximum atomic E-state index is 12.8. The summed E-state index contributed by atoms with van der Waals surface area (Å²) in [7, 11) is 1.30. The van der Waals surface area contributed by atoms with Crippen LogP contribution in [0.4, 0.5) is 9.93 Å². The number of nitrogens with zero attached hydrogens (tertiary/aromatic N) is 2. The molecule has 3 heterocycles. The van der Waals surface area contributed by atoms with Gasteiger partial charge in [-0.25, -0.2) is 14.6 Å². The van der Waals surface area contributed by atoms with Gasteiger partial charge in [0, 0.05) is 30.1 Å². The molecule has 1 saturated carbocycles. The van der Waals surface area contributed by atoms with Crippen LogP contribution in [0, 0.1) is 0 Å². The summed E-state index contributed by atoms with van der Waals surface area (Å²) in [6.45, 7) is 0.0246. The molecule has 0 radical (unpaired) electrons. The van der Waals surface area contributed by atoms with Crippen LogP contribution in [0.2, 0.25) is 0 Å². The molecule has 0 unspecified atom stereocenters. The fourth-order valence-electron chi connectivity index (χ4n) is 4.00. The van der Waals surface area contributed by atoms with Crippen LogP contribution in [0.5, 0.6) is 0 Å². The number of amides is 4. The van der Waals surface area contributed by atoms with Crippen LogP contribution in [0.25, 0.3) is 11.3 Å². The summed E-state index contributed by atoms with van der Waals surface area (Å²) in [5.74, 6) is -1.05. The number of rotatable bonds is 6. The molecular weight excluding hydrogens is 422 g/mol. The molecule has 0 aromatic carbocycles. The standard InChI is InChI=1S/C20H23N5O5S/c1-30-16(27)13-9-12(10-21-13)14-11-31-18(22-14)23-15(26)5-8-25-17(28)20(24-19(25)29)6-3-2-4-7-20/h9-11,21H,2-8H2,1H3,(H,24,29)(H,22,23,26). The third kappa shape index (κ3) is 4.18. The molecule has 2 aromatic rings. The Hall–Kier alpha value is -3.21. The predicted molar refractivity (Wildman–Crippen MR) is 113 cm³/mol. The van der Waals surface area contributed by atoms with Crippen LogP contribution in [0.3, 0.4) is 0 Å². The van der Waals surface area contributed by atoms with Gasteiger partial charge in [-0.2, -0.15) is 0 Å². The highest BCUT2D eigenvalue weighted by Gasteiger charge is 2.51. The van der Waals surface area contributed by atoms with Crippen molar-refractivity contribution in [1.29, 1.82) is 0 Å². The molecule has 10 nitrogen and oxygen atoms in total. The Bertz CT molecular complexity index is 1020. The number of carbonyl (C=O) groups excluding carboxylic acids is 4. The van der Waals surface area contributed by atoms with E-state index in [1.165, 1.54) is 18.4 Å². The highest BCUT2D eigenvalue weighted by atomic mass is 32.1. The average Bonchev–Trinajstić information content (AvgIpc) is 3.47. The van der Waals surface area contributed by atoms with Gasteiger partial charge in [0.05, 0.1) is 12.8 Å². The van der Waals surface area contributed by atoms with Crippen molar-refractivity contribution in [2.24, 2.45) is 0 Å². The van der Waals surface area contributed by atoms with Crippen LogP contribution >= 0.6 is 11.3 Å². The third-order valence-corrected chi connectivity index (χ3v) is 6.41. The largest absolute Gasteiger partial charge is 0.464 e. The summed E-state index contributed by atoms with van der Waals surface area (Å²) in [6.07, 6.45) is 5.81. The van der Waals surface area contributed by atoms with Crippen LogP contribution in [-0.4, -0.2) is 57.9 Å². The van der Waals surface area contributed by atoms with Gasteiger partial charge in [0.25, 0.3) is 5.91 Å². The number of carbonyl (C=O) groups is 4. The van der Waals surface area contributed by atoms with Crippen LogP contribution < -0.4 is 10.6 Å². The number of thiazole rings is 1.